The molecular weight excluding hydrogens is 432 g/mol. The number of rotatable bonds is 5. The first-order valence-corrected chi connectivity index (χ1v) is 11.5. The molecule has 0 saturated heterocycles. The number of pyridine rings is 1. The molecule has 0 bridgehead atoms. The molecular formula is C31H22N2O2. The molecule has 6 rings (SSSR count). The predicted octanol–water partition coefficient (Wildman–Crippen LogP) is 7.52. The number of aromatic nitrogens is 2. The van der Waals surface area contributed by atoms with E-state index in [9.17, 15) is 5.11 Å². The van der Waals surface area contributed by atoms with Gasteiger partial charge in [-0.25, -0.2) is 4.98 Å². The Morgan fingerprint density at radius 1 is 0.686 bits per heavy atom. The first-order chi connectivity index (χ1) is 17.3. The van der Waals surface area contributed by atoms with Crippen molar-refractivity contribution in [2.24, 2.45) is 0 Å². The van der Waals surface area contributed by atoms with E-state index >= 15 is 0 Å². The van der Waals surface area contributed by atoms with Crippen LogP contribution in [0.3, 0.4) is 0 Å². The second kappa shape index (κ2) is 8.92. The highest BCUT2D eigenvalue weighted by Crippen LogP contribution is 2.37. The van der Waals surface area contributed by atoms with Crippen LogP contribution in [0.25, 0.3) is 44.9 Å². The summed E-state index contributed by atoms with van der Waals surface area (Å²) in [5, 5.41) is 11.1. The second-order valence-electron chi connectivity index (χ2n) is 8.44. The summed E-state index contributed by atoms with van der Waals surface area (Å²) in [4.78, 5) is 9.30. The van der Waals surface area contributed by atoms with Crippen molar-refractivity contribution in [3.8, 4) is 39.6 Å². The maximum absolute atomic E-state index is 11.1. The zero-order chi connectivity index (χ0) is 23.6. The molecule has 0 fully saturated rings. The number of phenolic OH excluding ortho intramolecular Hbond substituents is 1. The van der Waals surface area contributed by atoms with Crippen molar-refractivity contribution in [2.45, 2.75) is 6.42 Å². The minimum atomic E-state index is 0.196. The van der Waals surface area contributed by atoms with Crippen molar-refractivity contribution in [3.05, 3.63) is 127 Å². The highest BCUT2D eigenvalue weighted by atomic mass is 16.3. The van der Waals surface area contributed by atoms with E-state index in [4.69, 9.17) is 9.40 Å². The summed E-state index contributed by atoms with van der Waals surface area (Å²) < 4.78 is 6.13. The standard InChI is InChI=1S/C31H22N2O2/c34-30-24(19-21-9-2-1-3-10-21)13-7-15-26(30)31-33-29-25(14-8-17-28(29)35-31)22-11-6-12-23(20-22)27-16-4-5-18-32-27/h1-18,20,34H,19H2. The first-order valence-electron chi connectivity index (χ1n) is 11.5. The average Bonchev–Trinajstić information content (AvgIpc) is 3.35. The van der Waals surface area contributed by atoms with Gasteiger partial charge in [0, 0.05) is 23.7 Å². The number of aromatic hydroxyl groups is 1. The van der Waals surface area contributed by atoms with E-state index in [0.717, 1.165) is 39.0 Å². The van der Waals surface area contributed by atoms with E-state index < -0.39 is 0 Å². The first kappa shape index (κ1) is 20.9. The van der Waals surface area contributed by atoms with Crippen LogP contribution in [0, 0.1) is 0 Å². The lowest BCUT2D eigenvalue weighted by Crippen LogP contribution is -1.90. The Morgan fingerprint density at radius 3 is 2.31 bits per heavy atom. The molecule has 2 aromatic heterocycles. The van der Waals surface area contributed by atoms with E-state index in [1.807, 2.05) is 78.9 Å². The van der Waals surface area contributed by atoms with E-state index in [1.54, 1.807) is 6.20 Å². The zero-order valence-corrected chi connectivity index (χ0v) is 18.9. The molecule has 0 spiro atoms. The fourth-order valence-electron chi connectivity index (χ4n) is 4.40. The fraction of sp³-hybridized carbons (Fsp3) is 0.0323. The van der Waals surface area contributed by atoms with E-state index in [-0.39, 0.29) is 5.75 Å². The van der Waals surface area contributed by atoms with Crippen LogP contribution in [0.2, 0.25) is 0 Å². The quantitative estimate of drug-likeness (QED) is 0.293. The second-order valence-corrected chi connectivity index (χ2v) is 8.44. The third-order valence-electron chi connectivity index (χ3n) is 6.14. The van der Waals surface area contributed by atoms with Crippen molar-refractivity contribution >= 4 is 11.1 Å². The highest BCUT2D eigenvalue weighted by molar-refractivity contribution is 5.93. The number of benzene rings is 4. The van der Waals surface area contributed by atoms with Gasteiger partial charge in [0.2, 0.25) is 5.89 Å². The van der Waals surface area contributed by atoms with Gasteiger partial charge < -0.3 is 9.52 Å². The summed E-state index contributed by atoms with van der Waals surface area (Å²) in [5.74, 6) is 0.599. The third kappa shape index (κ3) is 4.06. The van der Waals surface area contributed by atoms with Crippen molar-refractivity contribution in [3.63, 3.8) is 0 Å². The van der Waals surface area contributed by atoms with Gasteiger partial charge in [-0.2, -0.15) is 0 Å². The number of hydrogen-bond acceptors (Lipinski definition) is 4. The minimum Gasteiger partial charge on any atom is -0.507 e. The van der Waals surface area contributed by atoms with Crippen LogP contribution in [-0.2, 0) is 6.42 Å². The van der Waals surface area contributed by atoms with Crippen LogP contribution in [0.5, 0.6) is 5.75 Å². The van der Waals surface area contributed by atoms with Crippen LogP contribution < -0.4 is 0 Å². The molecule has 4 nitrogen and oxygen atoms in total. The SMILES string of the molecule is Oc1c(Cc2ccccc2)cccc1-c1nc2c(-c3cccc(-c4ccccn4)c3)cccc2o1. The molecule has 0 aliphatic carbocycles. The molecule has 6 aromatic rings. The molecule has 4 heteroatoms. The average molecular weight is 455 g/mol. The molecule has 1 N–H and O–H groups in total. The summed E-state index contributed by atoms with van der Waals surface area (Å²) in [6, 6.07) is 35.9. The van der Waals surface area contributed by atoms with Gasteiger partial charge in [0.05, 0.1) is 11.3 Å². The van der Waals surface area contributed by atoms with Gasteiger partial charge in [0.15, 0.2) is 5.58 Å². The molecule has 0 amide bonds. The Hall–Kier alpha value is -4.70. The molecule has 2 heterocycles. The third-order valence-corrected chi connectivity index (χ3v) is 6.14. The molecule has 0 saturated carbocycles. The number of nitrogens with zero attached hydrogens (tertiary/aromatic N) is 2. The van der Waals surface area contributed by atoms with Crippen molar-refractivity contribution in [1.29, 1.82) is 0 Å². The Bertz CT molecular complexity index is 1620. The molecule has 0 atom stereocenters. The number of para-hydroxylation sites is 2. The van der Waals surface area contributed by atoms with Crippen molar-refractivity contribution < 1.29 is 9.52 Å². The van der Waals surface area contributed by atoms with Crippen LogP contribution in [0.4, 0.5) is 0 Å². The van der Waals surface area contributed by atoms with Gasteiger partial charge >= 0.3 is 0 Å². The largest absolute Gasteiger partial charge is 0.507 e. The summed E-state index contributed by atoms with van der Waals surface area (Å²) >= 11 is 0. The van der Waals surface area contributed by atoms with Gasteiger partial charge in [-0.15, -0.1) is 0 Å². The van der Waals surface area contributed by atoms with Gasteiger partial charge in [0.25, 0.3) is 0 Å². The van der Waals surface area contributed by atoms with E-state index in [0.29, 0.717) is 23.5 Å². The summed E-state index contributed by atoms with van der Waals surface area (Å²) in [6.45, 7) is 0. The van der Waals surface area contributed by atoms with Crippen LogP contribution in [0.1, 0.15) is 11.1 Å². The van der Waals surface area contributed by atoms with Gasteiger partial charge in [-0.1, -0.05) is 78.9 Å². The monoisotopic (exact) mass is 454 g/mol. The van der Waals surface area contributed by atoms with Gasteiger partial charge in [0.1, 0.15) is 11.3 Å². The maximum Gasteiger partial charge on any atom is 0.231 e. The summed E-state index contributed by atoms with van der Waals surface area (Å²) in [7, 11) is 0. The molecule has 35 heavy (non-hydrogen) atoms. The van der Waals surface area contributed by atoms with Gasteiger partial charge in [-0.05, 0) is 47.0 Å². The molecule has 0 aliphatic heterocycles. The minimum absolute atomic E-state index is 0.196. The number of oxazole rings is 1. The topological polar surface area (TPSA) is 59.2 Å². The maximum atomic E-state index is 11.1. The van der Waals surface area contributed by atoms with Crippen LogP contribution in [0.15, 0.2) is 120 Å². The summed E-state index contributed by atoms with van der Waals surface area (Å²) in [5.41, 5.74) is 7.94. The lowest BCUT2D eigenvalue weighted by atomic mass is 10.0. The van der Waals surface area contributed by atoms with Crippen LogP contribution >= 0.6 is 0 Å². The Labute approximate surface area is 203 Å². The zero-order valence-electron chi connectivity index (χ0n) is 18.9. The van der Waals surface area contributed by atoms with E-state index in [1.165, 1.54) is 0 Å². The summed E-state index contributed by atoms with van der Waals surface area (Å²) in [6.07, 6.45) is 2.43. The highest BCUT2D eigenvalue weighted by Gasteiger charge is 2.17. The Kier molecular flexibility index (Phi) is 5.32. The smallest absolute Gasteiger partial charge is 0.231 e. The molecule has 0 aliphatic rings. The normalized spacial score (nSPS) is 11.1. The van der Waals surface area contributed by atoms with Gasteiger partial charge in [-0.3, -0.25) is 4.98 Å². The van der Waals surface area contributed by atoms with Crippen molar-refractivity contribution in [1.82, 2.24) is 9.97 Å². The molecule has 0 radical (unpaired) electrons. The lowest BCUT2D eigenvalue weighted by molar-refractivity contribution is 0.468. The lowest BCUT2D eigenvalue weighted by Gasteiger charge is -2.08. The van der Waals surface area contributed by atoms with E-state index in [2.05, 4.69) is 35.3 Å². The number of hydrogen-bond donors (Lipinski definition) is 1. The van der Waals surface area contributed by atoms with Crippen LogP contribution in [-0.4, -0.2) is 15.1 Å². The Balaban J connectivity index is 1.41. The predicted molar refractivity (Wildman–Crippen MR) is 139 cm³/mol. The molecule has 168 valence electrons. The Morgan fingerprint density at radius 2 is 1.46 bits per heavy atom. The molecule has 4 aromatic carbocycles. The van der Waals surface area contributed by atoms with Crippen molar-refractivity contribution in [2.75, 3.05) is 0 Å². The fourth-order valence-corrected chi connectivity index (χ4v) is 4.40. The molecule has 0 unspecified atom stereocenters. The number of phenols is 1. The number of fused-ring (bicyclic) bond motifs is 1.